The topological polar surface area (TPSA) is 54.4 Å². The van der Waals surface area contributed by atoms with E-state index in [2.05, 4.69) is 13.8 Å². The molecule has 0 heterocycles. The van der Waals surface area contributed by atoms with Crippen LogP contribution in [-0.4, -0.2) is 23.8 Å². The molecule has 0 spiro atoms. The van der Waals surface area contributed by atoms with Crippen LogP contribution in [0.4, 0.5) is 0 Å². The highest BCUT2D eigenvalue weighted by Crippen LogP contribution is 2.12. The van der Waals surface area contributed by atoms with Crippen LogP contribution in [0.15, 0.2) is 0 Å². The number of unbranched alkanes of at least 4 members (excludes halogenated alkanes) is 19. The quantitative estimate of drug-likeness (QED) is 0.120. The summed E-state index contributed by atoms with van der Waals surface area (Å²) in [5, 5.41) is 9.32. The molecule has 1 N–H and O–H groups in total. The highest BCUT2D eigenvalue weighted by Gasteiger charge is 2.01. The van der Waals surface area contributed by atoms with Crippen molar-refractivity contribution in [2.24, 2.45) is 0 Å². The largest absolute Gasteiger partial charge is 0.393 e. The van der Waals surface area contributed by atoms with E-state index in [1.54, 1.807) is 0 Å². The molecule has 0 bridgehead atoms. The molecule has 0 aromatic rings. The molecular weight excluding hydrogens is 384 g/mol. The lowest BCUT2D eigenvalue weighted by atomic mass is 10.0. The summed E-state index contributed by atoms with van der Waals surface area (Å²) >= 11 is 0. The Balaban J connectivity index is 0. The summed E-state index contributed by atoms with van der Waals surface area (Å²) in [6.45, 7) is 4.50. The third-order valence-electron chi connectivity index (χ3n) is 5.93. The molecule has 0 radical (unpaired) electrons. The number of rotatable bonds is 24. The van der Waals surface area contributed by atoms with Gasteiger partial charge in [-0.2, -0.15) is 0 Å². The van der Waals surface area contributed by atoms with Gasteiger partial charge in [0.25, 0.3) is 0 Å². The van der Waals surface area contributed by atoms with Crippen LogP contribution in [0.3, 0.4) is 0 Å². The number of aliphatic hydroxyl groups excluding tert-OH is 1. The van der Waals surface area contributed by atoms with Crippen molar-refractivity contribution < 1.29 is 14.7 Å². The van der Waals surface area contributed by atoms with Crippen molar-refractivity contribution in [1.29, 1.82) is 0 Å². The molecule has 0 rings (SSSR count). The Labute approximate surface area is 195 Å². The van der Waals surface area contributed by atoms with Crippen molar-refractivity contribution in [3.63, 3.8) is 0 Å². The van der Waals surface area contributed by atoms with Crippen LogP contribution in [-0.2, 0) is 9.59 Å². The lowest BCUT2D eigenvalue weighted by Gasteiger charge is -2.06. The van der Waals surface area contributed by atoms with Gasteiger partial charge in [0.15, 0.2) is 0 Å². The van der Waals surface area contributed by atoms with Crippen molar-refractivity contribution >= 4 is 12.6 Å². The summed E-state index contributed by atoms with van der Waals surface area (Å²) in [6, 6.07) is 0. The molecule has 31 heavy (non-hydrogen) atoms. The van der Waals surface area contributed by atoms with Gasteiger partial charge in [-0.1, -0.05) is 136 Å². The molecule has 1 atom stereocenters. The maximum atomic E-state index is 10.1. The summed E-state index contributed by atoms with van der Waals surface area (Å²) in [5.74, 6) is 0. The number of hydrogen-bond acceptors (Lipinski definition) is 3. The molecule has 0 saturated carbocycles. The molecule has 0 saturated heterocycles. The lowest BCUT2D eigenvalue weighted by Crippen LogP contribution is -2.06. The Kier molecular flexibility index (Phi) is 33.0. The fourth-order valence-corrected chi connectivity index (χ4v) is 3.81. The number of hydrogen-bond donors (Lipinski definition) is 1. The van der Waals surface area contributed by atoms with E-state index in [0.29, 0.717) is 6.42 Å². The molecule has 0 fully saturated rings. The van der Waals surface area contributed by atoms with Crippen LogP contribution in [0, 0.1) is 0 Å². The summed E-state index contributed by atoms with van der Waals surface area (Å²) in [5.41, 5.74) is 0. The number of aliphatic hydroxyl groups is 1. The second kappa shape index (κ2) is 31.5. The van der Waals surface area contributed by atoms with Gasteiger partial charge in [-0.3, -0.25) is 0 Å². The summed E-state index contributed by atoms with van der Waals surface area (Å²) < 4.78 is 0. The Morgan fingerprint density at radius 1 is 0.516 bits per heavy atom. The van der Waals surface area contributed by atoms with Crippen LogP contribution in [0.2, 0.25) is 0 Å². The summed E-state index contributed by atoms with van der Waals surface area (Å²) in [7, 11) is 0. The van der Waals surface area contributed by atoms with Crippen molar-refractivity contribution in [2.75, 3.05) is 0 Å². The molecule has 0 aliphatic rings. The molecule has 186 valence electrons. The monoisotopic (exact) mass is 440 g/mol. The van der Waals surface area contributed by atoms with Crippen molar-refractivity contribution in [3.05, 3.63) is 0 Å². The second-order valence-corrected chi connectivity index (χ2v) is 9.16. The molecule has 0 aliphatic heterocycles. The van der Waals surface area contributed by atoms with Gasteiger partial charge in [0.2, 0.25) is 0 Å². The third-order valence-corrected chi connectivity index (χ3v) is 5.93. The van der Waals surface area contributed by atoms with Gasteiger partial charge in [-0.05, 0) is 12.8 Å². The zero-order valence-corrected chi connectivity index (χ0v) is 21.3. The Morgan fingerprint density at radius 3 is 1.23 bits per heavy atom. The minimum absolute atomic E-state index is 0.303. The maximum Gasteiger partial charge on any atom is 0.122 e. The minimum Gasteiger partial charge on any atom is -0.393 e. The Morgan fingerprint density at radius 2 is 0.871 bits per heavy atom. The number of aldehydes is 2. The van der Waals surface area contributed by atoms with E-state index in [-0.39, 0.29) is 0 Å². The van der Waals surface area contributed by atoms with Gasteiger partial charge in [0, 0.05) is 12.8 Å². The molecule has 0 amide bonds. The van der Waals surface area contributed by atoms with Crippen molar-refractivity contribution in [2.45, 2.75) is 168 Å². The van der Waals surface area contributed by atoms with Gasteiger partial charge in [0.1, 0.15) is 12.6 Å². The van der Waals surface area contributed by atoms with E-state index in [9.17, 15) is 14.7 Å². The highest BCUT2D eigenvalue weighted by molar-refractivity contribution is 5.50. The first-order valence-electron chi connectivity index (χ1n) is 13.8. The average Bonchev–Trinajstić information content (AvgIpc) is 2.77. The van der Waals surface area contributed by atoms with Crippen LogP contribution in [0.5, 0.6) is 0 Å². The first-order valence-corrected chi connectivity index (χ1v) is 13.8. The second-order valence-electron chi connectivity index (χ2n) is 9.16. The molecule has 0 aromatic heterocycles. The minimum atomic E-state index is -0.401. The fraction of sp³-hybridized carbons (Fsp3) is 0.929. The maximum absolute atomic E-state index is 10.1. The lowest BCUT2D eigenvalue weighted by molar-refractivity contribution is -0.109. The van der Waals surface area contributed by atoms with E-state index in [1.165, 1.54) is 116 Å². The standard InChI is InChI=1S/C14H28O2.C14H28O/c1-2-3-4-5-6-7-8-9-10-11-14(16)12-13-15;1-2-3-4-5-6-7-8-9-10-11-12-13-14-15/h13-14,16H,2-12H2,1H3;14H,2-13H2,1H3/t14-;/m1./s1. The van der Waals surface area contributed by atoms with Crippen LogP contribution in [0.25, 0.3) is 0 Å². The van der Waals surface area contributed by atoms with E-state index < -0.39 is 6.10 Å². The molecule has 0 unspecified atom stereocenters. The van der Waals surface area contributed by atoms with Crippen LogP contribution in [0.1, 0.15) is 162 Å². The van der Waals surface area contributed by atoms with E-state index in [4.69, 9.17) is 0 Å². The molecular formula is C28H56O3. The van der Waals surface area contributed by atoms with E-state index in [0.717, 1.165) is 38.3 Å². The van der Waals surface area contributed by atoms with E-state index >= 15 is 0 Å². The number of carbonyl (C=O) groups excluding carboxylic acids is 2. The first kappa shape index (κ1) is 32.5. The molecule has 0 aliphatic carbocycles. The first-order chi connectivity index (χ1) is 15.2. The predicted octanol–water partition coefficient (Wildman–Crippen LogP) is 8.74. The van der Waals surface area contributed by atoms with Crippen LogP contribution >= 0.6 is 0 Å². The van der Waals surface area contributed by atoms with Crippen molar-refractivity contribution in [1.82, 2.24) is 0 Å². The van der Waals surface area contributed by atoms with Gasteiger partial charge in [-0.25, -0.2) is 0 Å². The van der Waals surface area contributed by atoms with Gasteiger partial charge >= 0.3 is 0 Å². The van der Waals surface area contributed by atoms with Gasteiger partial charge in [-0.15, -0.1) is 0 Å². The van der Waals surface area contributed by atoms with Crippen molar-refractivity contribution in [3.8, 4) is 0 Å². The highest BCUT2D eigenvalue weighted by atomic mass is 16.3. The normalized spacial score (nSPS) is 11.6. The van der Waals surface area contributed by atoms with Crippen LogP contribution < -0.4 is 0 Å². The molecule has 0 aromatic carbocycles. The third kappa shape index (κ3) is 34.1. The SMILES string of the molecule is CCCCCCCCCCCCCC=O.CCCCCCCCCCC[C@@H](O)CC=O. The average molecular weight is 441 g/mol. The zero-order chi connectivity index (χ0) is 23.3. The van der Waals surface area contributed by atoms with Gasteiger partial charge in [0.05, 0.1) is 6.10 Å². The smallest absolute Gasteiger partial charge is 0.122 e. The zero-order valence-electron chi connectivity index (χ0n) is 21.3. The Bertz CT molecular complexity index is 330. The summed E-state index contributed by atoms with van der Waals surface area (Å²) in [6.07, 6.45) is 29.8. The summed E-state index contributed by atoms with van der Waals surface area (Å²) in [4.78, 5) is 20.2. The predicted molar refractivity (Wildman–Crippen MR) is 136 cm³/mol. The van der Waals surface area contributed by atoms with Gasteiger partial charge < -0.3 is 14.7 Å². The molecule has 3 nitrogen and oxygen atoms in total. The fourth-order valence-electron chi connectivity index (χ4n) is 3.81. The Hall–Kier alpha value is -0.700. The number of carbonyl (C=O) groups is 2. The van der Waals surface area contributed by atoms with E-state index in [1.807, 2.05) is 0 Å². The molecule has 3 heteroatoms.